The molecule has 2 aromatic heterocycles. The highest BCUT2D eigenvalue weighted by molar-refractivity contribution is 7.20. The number of nitrogens with one attached hydrogen (secondary N) is 2. The summed E-state index contributed by atoms with van der Waals surface area (Å²) in [5.41, 5.74) is 5.59. The van der Waals surface area contributed by atoms with E-state index in [0.717, 1.165) is 42.9 Å². The number of amides is 1. The minimum Gasteiger partial charge on any atom is -0.487 e. The number of halogens is 3. The third-order valence-electron chi connectivity index (χ3n) is 5.06. The van der Waals surface area contributed by atoms with Crippen molar-refractivity contribution >= 4 is 39.0 Å². The summed E-state index contributed by atoms with van der Waals surface area (Å²) in [7, 11) is 0. The van der Waals surface area contributed by atoms with Crippen molar-refractivity contribution in [2.24, 2.45) is 5.73 Å². The molecule has 1 atom stereocenters. The maximum absolute atomic E-state index is 13.3. The number of thiophene rings is 1. The zero-order valence-electron chi connectivity index (χ0n) is 16.5. The van der Waals surface area contributed by atoms with Crippen LogP contribution in [0.4, 0.5) is 24.7 Å². The van der Waals surface area contributed by atoms with Crippen molar-refractivity contribution in [3.63, 3.8) is 0 Å². The summed E-state index contributed by atoms with van der Waals surface area (Å²) < 4.78 is 45.8. The third-order valence-corrected chi connectivity index (χ3v) is 6.27. The van der Waals surface area contributed by atoms with Gasteiger partial charge in [0.2, 0.25) is 0 Å². The van der Waals surface area contributed by atoms with Gasteiger partial charge in [-0.3, -0.25) is 4.79 Å². The van der Waals surface area contributed by atoms with Crippen LogP contribution in [0.3, 0.4) is 0 Å². The van der Waals surface area contributed by atoms with Gasteiger partial charge < -0.3 is 21.1 Å². The fraction of sp³-hybridized carbons (Fsp3) is 0.350. The van der Waals surface area contributed by atoms with Crippen molar-refractivity contribution in [1.29, 1.82) is 0 Å². The summed E-state index contributed by atoms with van der Waals surface area (Å²) in [4.78, 5) is 21.0. The molecule has 3 aromatic rings. The van der Waals surface area contributed by atoms with Crippen LogP contribution in [-0.2, 0) is 6.18 Å². The van der Waals surface area contributed by atoms with Crippen LogP contribution in [0.1, 0.15) is 33.6 Å². The van der Waals surface area contributed by atoms with E-state index in [2.05, 4.69) is 20.6 Å². The van der Waals surface area contributed by atoms with Crippen LogP contribution in [-0.4, -0.2) is 35.1 Å². The van der Waals surface area contributed by atoms with Gasteiger partial charge in [-0.05, 0) is 50.1 Å². The molecule has 1 saturated heterocycles. The van der Waals surface area contributed by atoms with Gasteiger partial charge in [0.1, 0.15) is 28.8 Å². The first-order valence-electron chi connectivity index (χ1n) is 9.63. The molecule has 4 N–H and O–H groups in total. The molecule has 1 aliphatic rings. The molecule has 0 aliphatic carbocycles. The summed E-state index contributed by atoms with van der Waals surface area (Å²) >= 11 is 1.14. The van der Waals surface area contributed by atoms with Crippen molar-refractivity contribution in [3.05, 3.63) is 40.5 Å². The lowest BCUT2D eigenvalue weighted by Crippen LogP contribution is -2.37. The number of hydrogen-bond acceptors (Lipinski definition) is 7. The zero-order chi connectivity index (χ0) is 22.2. The van der Waals surface area contributed by atoms with Gasteiger partial charge in [-0.15, -0.1) is 11.3 Å². The SMILES string of the molecule is Cc1c(C(N)=O)sc2ncnc(Nc3ccc(C(F)(F)F)cc3OC3CCCNC3)c12. The number of nitrogens with zero attached hydrogens (tertiary/aromatic N) is 2. The van der Waals surface area contributed by atoms with Crippen LogP contribution in [0.2, 0.25) is 0 Å². The number of piperidine rings is 1. The topological polar surface area (TPSA) is 102 Å². The molecular weight excluding hydrogens is 431 g/mol. The van der Waals surface area contributed by atoms with Crippen LogP contribution in [0, 0.1) is 6.92 Å². The molecule has 1 aliphatic heterocycles. The highest BCUT2D eigenvalue weighted by Gasteiger charge is 2.32. The van der Waals surface area contributed by atoms with Crippen molar-refractivity contribution in [1.82, 2.24) is 15.3 Å². The van der Waals surface area contributed by atoms with Crippen LogP contribution >= 0.6 is 11.3 Å². The fourth-order valence-corrected chi connectivity index (χ4v) is 4.53. The monoisotopic (exact) mass is 451 g/mol. The first-order chi connectivity index (χ1) is 14.7. The Kier molecular flexibility index (Phi) is 5.71. The molecule has 0 saturated carbocycles. The van der Waals surface area contributed by atoms with Gasteiger partial charge in [0.15, 0.2) is 0 Å². The summed E-state index contributed by atoms with van der Waals surface area (Å²) in [5.74, 6) is -0.134. The number of alkyl halides is 3. The Balaban J connectivity index is 1.74. The average molecular weight is 451 g/mol. The molecule has 3 heterocycles. The molecule has 1 unspecified atom stereocenters. The number of benzene rings is 1. The van der Waals surface area contributed by atoms with Gasteiger partial charge in [0.05, 0.1) is 21.5 Å². The Hall–Kier alpha value is -2.92. The Bertz CT molecular complexity index is 1130. The van der Waals surface area contributed by atoms with E-state index >= 15 is 0 Å². The number of primary amides is 1. The van der Waals surface area contributed by atoms with E-state index < -0.39 is 17.6 Å². The van der Waals surface area contributed by atoms with E-state index in [1.807, 2.05) is 0 Å². The van der Waals surface area contributed by atoms with Crippen molar-refractivity contribution in [2.45, 2.75) is 32.0 Å². The Morgan fingerprint density at radius 1 is 1.35 bits per heavy atom. The predicted molar refractivity (Wildman–Crippen MR) is 112 cm³/mol. The highest BCUT2D eigenvalue weighted by Crippen LogP contribution is 2.39. The summed E-state index contributed by atoms with van der Waals surface area (Å²) in [6, 6.07) is 3.30. The van der Waals surface area contributed by atoms with Crippen LogP contribution in [0.25, 0.3) is 10.2 Å². The van der Waals surface area contributed by atoms with E-state index in [0.29, 0.717) is 38.7 Å². The summed E-state index contributed by atoms with van der Waals surface area (Å²) in [6.45, 7) is 3.14. The molecule has 0 radical (unpaired) electrons. The highest BCUT2D eigenvalue weighted by atomic mass is 32.1. The smallest absolute Gasteiger partial charge is 0.416 e. The molecule has 1 fully saturated rings. The van der Waals surface area contributed by atoms with Gasteiger partial charge in [-0.2, -0.15) is 13.2 Å². The minimum atomic E-state index is -4.50. The largest absolute Gasteiger partial charge is 0.487 e. The molecule has 164 valence electrons. The normalized spacial score (nSPS) is 17.0. The second kappa shape index (κ2) is 8.31. The molecule has 31 heavy (non-hydrogen) atoms. The summed E-state index contributed by atoms with van der Waals surface area (Å²) in [5, 5.41) is 6.84. The number of carbonyl (C=O) groups is 1. The van der Waals surface area contributed by atoms with E-state index in [1.54, 1.807) is 6.92 Å². The standard InChI is InChI=1S/C20H20F3N5O2S/c1-10-15-18(26-9-27-19(15)31-16(10)17(24)29)28-13-5-4-11(20(21,22)23)7-14(13)30-12-3-2-6-25-8-12/h4-5,7,9,12,25H,2-3,6,8H2,1H3,(H2,24,29)(H,26,27,28). The van der Waals surface area contributed by atoms with Gasteiger partial charge in [0.25, 0.3) is 5.91 Å². The zero-order valence-corrected chi connectivity index (χ0v) is 17.4. The van der Waals surface area contributed by atoms with Crippen LogP contribution in [0.5, 0.6) is 5.75 Å². The number of anilines is 2. The maximum Gasteiger partial charge on any atom is 0.416 e. The second-order valence-corrected chi connectivity index (χ2v) is 8.24. The van der Waals surface area contributed by atoms with Crippen molar-refractivity contribution in [3.8, 4) is 5.75 Å². The lowest BCUT2D eigenvalue weighted by molar-refractivity contribution is -0.137. The van der Waals surface area contributed by atoms with Crippen molar-refractivity contribution in [2.75, 3.05) is 18.4 Å². The number of rotatable bonds is 5. The molecule has 0 bridgehead atoms. The molecule has 7 nitrogen and oxygen atoms in total. The first kappa shape index (κ1) is 21.3. The average Bonchev–Trinajstić information content (AvgIpc) is 3.07. The number of aryl methyl sites for hydroxylation is 1. The number of nitrogens with two attached hydrogens (primary N) is 1. The van der Waals surface area contributed by atoms with E-state index in [9.17, 15) is 18.0 Å². The first-order valence-corrected chi connectivity index (χ1v) is 10.4. The lowest BCUT2D eigenvalue weighted by Gasteiger charge is -2.25. The van der Waals surface area contributed by atoms with Gasteiger partial charge in [0, 0.05) is 6.54 Å². The molecule has 0 spiro atoms. The van der Waals surface area contributed by atoms with Gasteiger partial charge in [-0.25, -0.2) is 9.97 Å². The van der Waals surface area contributed by atoms with Crippen molar-refractivity contribution < 1.29 is 22.7 Å². The number of hydrogen-bond donors (Lipinski definition) is 3. The third kappa shape index (κ3) is 4.42. The summed E-state index contributed by atoms with van der Waals surface area (Å²) in [6.07, 6.45) is -1.80. The molecule has 11 heteroatoms. The quantitative estimate of drug-likeness (QED) is 0.542. The van der Waals surface area contributed by atoms with E-state index in [4.69, 9.17) is 10.5 Å². The Morgan fingerprint density at radius 2 is 2.16 bits per heavy atom. The van der Waals surface area contributed by atoms with E-state index in [-0.39, 0.29) is 11.9 Å². The van der Waals surface area contributed by atoms with Gasteiger partial charge in [-0.1, -0.05) is 0 Å². The maximum atomic E-state index is 13.3. The predicted octanol–water partition coefficient (Wildman–Crippen LogP) is 3.99. The van der Waals surface area contributed by atoms with Gasteiger partial charge >= 0.3 is 6.18 Å². The van der Waals surface area contributed by atoms with Crippen LogP contribution < -0.4 is 21.1 Å². The molecule has 1 aromatic carbocycles. The fourth-order valence-electron chi connectivity index (χ4n) is 3.53. The minimum absolute atomic E-state index is 0.0818. The second-order valence-electron chi connectivity index (χ2n) is 7.24. The number of fused-ring (bicyclic) bond motifs is 1. The number of carbonyl (C=O) groups excluding carboxylic acids is 1. The Labute approximate surface area is 179 Å². The number of aromatic nitrogens is 2. The molecule has 1 amide bonds. The lowest BCUT2D eigenvalue weighted by atomic mass is 10.1. The number of ether oxygens (including phenoxy) is 1. The Morgan fingerprint density at radius 3 is 2.84 bits per heavy atom. The van der Waals surface area contributed by atoms with E-state index in [1.165, 1.54) is 12.4 Å². The van der Waals surface area contributed by atoms with Crippen LogP contribution in [0.15, 0.2) is 24.5 Å². The molecular formula is C20H20F3N5O2S. The molecule has 4 rings (SSSR count).